The van der Waals surface area contributed by atoms with Crippen molar-refractivity contribution in [1.82, 2.24) is 10.2 Å². The van der Waals surface area contributed by atoms with Gasteiger partial charge in [0.25, 0.3) is 11.6 Å². The molecule has 0 unspecified atom stereocenters. The molecule has 2 amide bonds. The molecule has 1 N–H and O–H groups in total. The number of nitro benzene ring substituents is 1. The van der Waals surface area contributed by atoms with Crippen LogP contribution in [0.2, 0.25) is 0 Å². The number of hydrogen-bond donors (Lipinski definition) is 1. The van der Waals surface area contributed by atoms with E-state index in [9.17, 15) is 19.7 Å². The van der Waals surface area contributed by atoms with E-state index in [0.717, 1.165) is 0 Å². The summed E-state index contributed by atoms with van der Waals surface area (Å²) >= 11 is 0. The SMILES string of the molecule is Cc1c(C(=O)N2CCNC(=O)CC2)cccc1[N+](=O)[O-]. The molecule has 0 aliphatic carbocycles. The summed E-state index contributed by atoms with van der Waals surface area (Å²) in [6.07, 6.45) is 0.250. The molecule has 1 saturated heterocycles. The van der Waals surface area contributed by atoms with Gasteiger partial charge >= 0.3 is 0 Å². The molecule has 0 saturated carbocycles. The third kappa shape index (κ3) is 2.76. The summed E-state index contributed by atoms with van der Waals surface area (Å²) in [5.74, 6) is -0.362. The Morgan fingerprint density at radius 2 is 2.15 bits per heavy atom. The van der Waals surface area contributed by atoms with Crippen molar-refractivity contribution in [3.8, 4) is 0 Å². The van der Waals surface area contributed by atoms with Crippen LogP contribution in [0.5, 0.6) is 0 Å². The average molecular weight is 277 g/mol. The van der Waals surface area contributed by atoms with E-state index in [0.29, 0.717) is 30.8 Å². The molecule has 1 aliphatic rings. The predicted octanol–water partition coefficient (Wildman–Crippen LogP) is 0.865. The highest BCUT2D eigenvalue weighted by molar-refractivity contribution is 5.97. The number of amides is 2. The molecule has 1 aromatic carbocycles. The van der Waals surface area contributed by atoms with Gasteiger partial charge in [-0.1, -0.05) is 6.07 Å². The molecule has 20 heavy (non-hydrogen) atoms. The maximum Gasteiger partial charge on any atom is 0.273 e. The molecule has 0 aromatic heterocycles. The third-order valence-electron chi connectivity index (χ3n) is 3.33. The molecule has 0 radical (unpaired) electrons. The number of hydrogen-bond acceptors (Lipinski definition) is 4. The van der Waals surface area contributed by atoms with Gasteiger partial charge in [-0.05, 0) is 13.0 Å². The summed E-state index contributed by atoms with van der Waals surface area (Å²) in [5, 5.41) is 13.6. The standard InChI is InChI=1S/C13H15N3O4/c1-9-10(3-2-4-11(9)16(19)20)13(18)15-7-5-12(17)14-6-8-15/h2-4H,5-8H2,1H3,(H,14,17). The van der Waals surface area contributed by atoms with E-state index >= 15 is 0 Å². The fourth-order valence-electron chi connectivity index (χ4n) is 2.19. The van der Waals surface area contributed by atoms with Crippen LogP contribution in [0.25, 0.3) is 0 Å². The van der Waals surface area contributed by atoms with Crippen LogP contribution in [0.1, 0.15) is 22.3 Å². The minimum Gasteiger partial charge on any atom is -0.354 e. The Morgan fingerprint density at radius 1 is 1.40 bits per heavy atom. The van der Waals surface area contributed by atoms with Gasteiger partial charge in [-0.15, -0.1) is 0 Å². The maximum absolute atomic E-state index is 12.4. The van der Waals surface area contributed by atoms with Gasteiger partial charge in [0.15, 0.2) is 0 Å². The van der Waals surface area contributed by atoms with Gasteiger partial charge in [0, 0.05) is 43.2 Å². The van der Waals surface area contributed by atoms with Crippen molar-refractivity contribution in [2.24, 2.45) is 0 Å². The summed E-state index contributed by atoms with van der Waals surface area (Å²) in [4.78, 5) is 35.6. The zero-order valence-corrected chi connectivity index (χ0v) is 11.1. The normalized spacial score (nSPS) is 15.4. The van der Waals surface area contributed by atoms with E-state index in [1.165, 1.54) is 12.1 Å². The molecule has 1 aromatic rings. The van der Waals surface area contributed by atoms with E-state index in [1.807, 2.05) is 0 Å². The summed E-state index contributed by atoms with van der Waals surface area (Å²) < 4.78 is 0. The van der Waals surface area contributed by atoms with Gasteiger partial charge in [-0.2, -0.15) is 0 Å². The lowest BCUT2D eigenvalue weighted by atomic mass is 10.1. The number of nitro groups is 1. The number of carbonyl (C=O) groups is 2. The van der Waals surface area contributed by atoms with Gasteiger partial charge in [0.05, 0.1) is 4.92 Å². The fraction of sp³-hybridized carbons (Fsp3) is 0.385. The minimum atomic E-state index is -0.500. The van der Waals surface area contributed by atoms with Crippen molar-refractivity contribution in [3.05, 3.63) is 39.4 Å². The molecule has 2 rings (SSSR count). The second-order valence-corrected chi connectivity index (χ2v) is 4.60. The van der Waals surface area contributed by atoms with E-state index < -0.39 is 4.92 Å². The summed E-state index contributed by atoms with van der Waals surface area (Å²) in [6.45, 7) is 2.70. The second-order valence-electron chi connectivity index (χ2n) is 4.60. The lowest BCUT2D eigenvalue weighted by Gasteiger charge is -2.20. The van der Waals surface area contributed by atoms with Crippen molar-refractivity contribution in [3.63, 3.8) is 0 Å². The van der Waals surface area contributed by atoms with Gasteiger partial charge in [-0.25, -0.2) is 0 Å². The van der Waals surface area contributed by atoms with Crippen molar-refractivity contribution < 1.29 is 14.5 Å². The number of rotatable bonds is 2. The van der Waals surface area contributed by atoms with Crippen LogP contribution in [0, 0.1) is 17.0 Å². The van der Waals surface area contributed by atoms with Crippen molar-refractivity contribution >= 4 is 17.5 Å². The number of nitrogens with zero attached hydrogens (tertiary/aromatic N) is 2. The smallest absolute Gasteiger partial charge is 0.273 e. The predicted molar refractivity (Wildman–Crippen MR) is 71.4 cm³/mol. The van der Waals surface area contributed by atoms with E-state index in [4.69, 9.17) is 0 Å². The van der Waals surface area contributed by atoms with E-state index in [1.54, 1.807) is 17.9 Å². The Morgan fingerprint density at radius 3 is 2.85 bits per heavy atom. The zero-order chi connectivity index (χ0) is 14.7. The Kier molecular flexibility index (Phi) is 3.97. The first-order valence-electron chi connectivity index (χ1n) is 6.30. The first-order valence-corrected chi connectivity index (χ1v) is 6.30. The molecular weight excluding hydrogens is 262 g/mol. The Hall–Kier alpha value is -2.44. The molecule has 7 nitrogen and oxygen atoms in total. The molecule has 106 valence electrons. The van der Waals surface area contributed by atoms with Crippen molar-refractivity contribution in [1.29, 1.82) is 0 Å². The lowest BCUT2D eigenvalue weighted by Crippen LogP contribution is -2.34. The molecular formula is C13H15N3O4. The molecule has 0 atom stereocenters. The van der Waals surface area contributed by atoms with Gasteiger partial charge < -0.3 is 10.2 Å². The monoisotopic (exact) mass is 277 g/mol. The minimum absolute atomic E-state index is 0.0696. The number of benzene rings is 1. The molecule has 1 fully saturated rings. The molecule has 1 heterocycles. The van der Waals surface area contributed by atoms with Crippen LogP contribution < -0.4 is 5.32 Å². The van der Waals surface area contributed by atoms with Crippen LogP contribution in [-0.2, 0) is 4.79 Å². The lowest BCUT2D eigenvalue weighted by molar-refractivity contribution is -0.385. The zero-order valence-electron chi connectivity index (χ0n) is 11.1. The van der Waals surface area contributed by atoms with Crippen molar-refractivity contribution in [2.45, 2.75) is 13.3 Å². The van der Waals surface area contributed by atoms with E-state index in [2.05, 4.69) is 5.32 Å². The Labute approximate surface area is 115 Å². The van der Waals surface area contributed by atoms with Crippen LogP contribution in [0.3, 0.4) is 0 Å². The highest BCUT2D eigenvalue weighted by atomic mass is 16.6. The molecule has 1 aliphatic heterocycles. The average Bonchev–Trinajstić information content (AvgIpc) is 2.63. The number of carbonyl (C=O) groups excluding carboxylic acids is 2. The Balaban J connectivity index is 2.27. The quantitative estimate of drug-likeness (QED) is 0.641. The second kappa shape index (κ2) is 5.68. The largest absolute Gasteiger partial charge is 0.354 e. The van der Waals surface area contributed by atoms with Crippen LogP contribution in [0.4, 0.5) is 5.69 Å². The first kappa shape index (κ1) is 14.0. The highest BCUT2D eigenvalue weighted by Crippen LogP contribution is 2.22. The summed E-state index contributed by atoms with van der Waals surface area (Å²) in [6, 6.07) is 4.45. The Bertz CT molecular complexity index is 571. The molecule has 0 spiro atoms. The van der Waals surface area contributed by atoms with E-state index in [-0.39, 0.29) is 23.9 Å². The van der Waals surface area contributed by atoms with Crippen LogP contribution >= 0.6 is 0 Å². The van der Waals surface area contributed by atoms with Crippen LogP contribution in [-0.4, -0.2) is 41.3 Å². The third-order valence-corrected chi connectivity index (χ3v) is 3.33. The van der Waals surface area contributed by atoms with Gasteiger partial charge in [-0.3, -0.25) is 19.7 Å². The number of nitrogens with one attached hydrogen (secondary N) is 1. The molecule has 0 bridgehead atoms. The maximum atomic E-state index is 12.4. The van der Waals surface area contributed by atoms with Gasteiger partial charge in [0.2, 0.25) is 5.91 Å². The summed E-state index contributed by atoms with van der Waals surface area (Å²) in [5.41, 5.74) is 0.597. The summed E-state index contributed by atoms with van der Waals surface area (Å²) in [7, 11) is 0. The van der Waals surface area contributed by atoms with Gasteiger partial charge in [0.1, 0.15) is 0 Å². The highest BCUT2D eigenvalue weighted by Gasteiger charge is 2.24. The van der Waals surface area contributed by atoms with Crippen LogP contribution in [0.15, 0.2) is 18.2 Å². The fourth-order valence-corrected chi connectivity index (χ4v) is 2.19. The first-order chi connectivity index (χ1) is 9.50. The van der Waals surface area contributed by atoms with Crippen molar-refractivity contribution in [2.75, 3.05) is 19.6 Å². The molecule has 7 heteroatoms. The topological polar surface area (TPSA) is 92.6 Å².